The van der Waals surface area contributed by atoms with Crippen molar-refractivity contribution in [2.24, 2.45) is 11.8 Å². The summed E-state index contributed by atoms with van der Waals surface area (Å²) in [5.41, 5.74) is 1.13. The molecule has 0 aromatic carbocycles. The molecule has 3 aliphatic heterocycles. The normalized spacial score (nSPS) is 32.4. The Morgan fingerprint density at radius 1 is 1.40 bits per heavy atom. The van der Waals surface area contributed by atoms with E-state index >= 15 is 0 Å². The first kappa shape index (κ1) is 16.6. The Bertz CT molecular complexity index is 631. The topological polar surface area (TPSA) is 81.3 Å². The van der Waals surface area contributed by atoms with Crippen molar-refractivity contribution in [3.63, 3.8) is 0 Å². The monoisotopic (exact) mass is 345 g/mol. The predicted octanol–water partition coefficient (Wildman–Crippen LogP) is 0.747. The van der Waals surface area contributed by atoms with Crippen molar-refractivity contribution in [1.82, 2.24) is 25.1 Å². The highest BCUT2D eigenvalue weighted by Crippen LogP contribution is 2.41. The summed E-state index contributed by atoms with van der Waals surface area (Å²) in [6, 6.07) is 0.461. The van der Waals surface area contributed by atoms with E-state index in [9.17, 15) is 9.59 Å². The van der Waals surface area contributed by atoms with Gasteiger partial charge in [0.1, 0.15) is 0 Å². The van der Waals surface area contributed by atoms with Gasteiger partial charge in [0.25, 0.3) is 0 Å². The summed E-state index contributed by atoms with van der Waals surface area (Å²) < 4.78 is 0. The summed E-state index contributed by atoms with van der Waals surface area (Å²) >= 11 is 0. The number of nitrogens with one attached hydrogen (secondary N) is 2. The molecule has 25 heavy (non-hydrogen) atoms. The molecular formula is C18H27N5O2. The maximum absolute atomic E-state index is 12.6. The van der Waals surface area contributed by atoms with Gasteiger partial charge in [0.2, 0.25) is 11.8 Å². The Kier molecular flexibility index (Phi) is 4.50. The van der Waals surface area contributed by atoms with Crippen LogP contribution in [-0.4, -0.2) is 63.3 Å². The molecule has 4 heterocycles. The molecule has 7 heteroatoms. The van der Waals surface area contributed by atoms with Gasteiger partial charge < -0.3 is 15.2 Å². The number of fused-ring (bicyclic) bond motifs is 4. The predicted molar refractivity (Wildman–Crippen MR) is 92.4 cm³/mol. The molecule has 3 saturated heterocycles. The van der Waals surface area contributed by atoms with Crippen LogP contribution in [0.4, 0.5) is 0 Å². The molecule has 3 fully saturated rings. The van der Waals surface area contributed by atoms with Crippen molar-refractivity contribution in [2.45, 2.75) is 51.2 Å². The molecule has 4 rings (SSSR count). The van der Waals surface area contributed by atoms with E-state index in [1.807, 2.05) is 6.20 Å². The van der Waals surface area contributed by atoms with Crippen LogP contribution in [-0.2, 0) is 16.1 Å². The second-order valence-corrected chi connectivity index (χ2v) is 7.79. The fourth-order valence-electron chi connectivity index (χ4n) is 5.12. The molecular weight excluding hydrogens is 318 g/mol. The summed E-state index contributed by atoms with van der Waals surface area (Å²) in [6.07, 6.45) is 7.52. The number of amides is 2. The van der Waals surface area contributed by atoms with Crippen molar-refractivity contribution < 1.29 is 9.59 Å². The molecule has 2 N–H and O–H groups in total. The highest BCUT2D eigenvalue weighted by molar-refractivity contribution is 5.78. The molecule has 7 nitrogen and oxygen atoms in total. The van der Waals surface area contributed by atoms with Gasteiger partial charge in [-0.3, -0.25) is 14.5 Å². The van der Waals surface area contributed by atoms with Gasteiger partial charge in [0.05, 0.1) is 12.4 Å². The van der Waals surface area contributed by atoms with E-state index in [1.165, 1.54) is 0 Å². The minimum Gasteiger partial charge on any atom is -0.354 e. The van der Waals surface area contributed by atoms with Gasteiger partial charge in [-0.1, -0.05) is 0 Å². The van der Waals surface area contributed by atoms with Gasteiger partial charge in [0.15, 0.2) is 0 Å². The Hall–Kier alpha value is -1.89. The number of likely N-dealkylation sites (tertiary alicyclic amines) is 1. The van der Waals surface area contributed by atoms with Crippen LogP contribution in [0, 0.1) is 11.8 Å². The number of rotatable bonds is 4. The average molecular weight is 345 g/mol. The molecule has 2 bridgehead atoms. The van der Waals surface area contributed by atoms with Crippen LogP contribution in [0.1, 0.15) is 38.3 Å². The molecule has 0 aliphatic carbocycles. The summed E-state index contributed by atoms with van der Waals surface area (Å²) in [4.78, 5) is 36.0. The van der Waals surface area contributed by atoms with Crippen LogP contribution < -0.4 is 5.32 Å². The third-order valence-electron chi connectivity index (χ3n) is 6.08. The third kappa shape index (κ3) is 3.29. The first-order valence-corrected chi connectivity index (χ1v) is 9.37. The van der Waals surface area contributed by atoms with E-state index in [-0.39, 0.29) is 17.9 Å². The lowest BCUT2D eigenvalue weighted by Gasteiger charge is -2.56. The van der Waals surface area contributed by atoms with Gasteiger partial charge in [-0.05, 0) is 31.1 Å². The zero-order valence-electron chi connectivity index (χ0n) is 14.8. The lowest BCUT2D eigenvalue weighted by Crippen LogP contribution is -2.66. The Morgan fingerprint density at radius 3 is 3.00 bits per heavy atom. The second kappa shape index (κ2) is 6.78. The van der Waals surface area contributed by atoms with Crippen molar-refractivity contribution in [2.75, 3.05) is 19.6 Å². The molecule has 4 atom stereocenters. The van der Waals surface area contributed by atoms with E-state index in [4.69, 9.17) is 0 Å². The third-order valence-corrected chi connectivity index (χ3v) is 6.08. The van der Waals surface area contributed by atoms with E-state index in [1.54, 1.807) is 13.3 Å². The van der Waals surface area contributed by atoms with Crippen LogP contribution >= 0.6 is 0 Å². The highest BCUT2D eigenvalue weighted by Gasteiger charge is 2.49. The van der Waals surface area contributed by atoms with Gasteiger partial charge in [-0.2, -0.15) is 0 Å². The van der Waals surface area contributed by atoms with E-state index in [2.05, 4.69) is 25.1 Å². The number of H-pyrrole nitrogens is 1. The maximum atomic E-state index is 12.6. The minimum atomic E-state index is -0.0201. The summed E-state index contributed by atoms with van der Waals surface area (Å²) in [5.74, 6) is 1.22. The van der Waals surface area contributed by atoms with E-state index < -0.39 is 0 Å². The fourth-order valence-corrected chi connectivity index (χ4v) is 5.12. The number of carbonyl (C=O) groups is 2. The minimum absolute atomic E-state index is 0.0201. The molecule has 1 aromatic rings. The first-order chi connectivity index (χ1) is 12.1. The number of hydrogen-bond donors (Lipinski definition) is 2. The lowest BCUT2D eigenvalue weighted by molar-refractivity contribution is -0.153. The van der Waals surface area contributed by atoms with Gasteiger partial charge in [-0.15, -0.1) is 0 Å². The van der Waals surface area contributed by atoms with Crippen LogP contribution in [0.15, 0.2) is 12.5 Å². The molecule has 1 aromatic heterocycles. The highest BCUT2D eigenvalue weighted by atomic mass is 16.2. The number of piperidine rings is 3. The van der Waals surface area contributed by atoms with Crippen molar-refractivity contribution in [3.05, 3.63) is 18.2 Å². The molecule has 2 amide bonds. The Morgan fingerprint density at radius 2 is 2.24 bits per heavy atom. The van der Waals surface area contributed by atoms with Crippen LogP contribution in [0.2, 0.25) is 0 Å². The summed E-state index contributed by atoms with van der Waals surface area (Å²) in [6.45, 7) is 5.01. The first-order valence-electron chi connectivity index (χ1n) is 9.37. The number of aromatic amines is 1. The number of carbonyl (C=O) groups excluding carboxylic acids is 2. The molecule has 0 saturated carbocycles. The number of imidazole rings is 1. The van der Waals surface area contributed by atoms with Gasteiger partial charge in [-0.25, -0.2) is 4.98 Å². The molecule has 3 aliphatic rings. The van der Waals surface area contributed by atoms with Crippen LogP contribution in [0.5, 0.6) is 0 Å². The van der Waals surface area contributed by atoms with Gasteiger partial charge >= 0.3 is 0 Å². The van der Waals surface area contributed by atoms with Gasteiger partial charge in [0, 0.05) is 57.5 Å². The van der Waals surface area contributed by atoms with E-state index in [0.29, 0.717) is 30.8 Å². The van der Waals surface area contributed by atoms with Crippen molar-refractivity contribution in [3.8, 4) is 0 Å². The lowest BCUT2D eigenvalue weighted by atomic mass is 9.72. The largest absolute Gasteiger partial charge is 0.354 e. The zero-order chi connectivity index (χ0) is 17.4. The van der Waals surface area contributed by atoms with Crippen LogP contribution in [0.25, 0.3) is 0 Å². The zero-order valence-corrected chi connectivity index (χ0v) is 14.8. The smallest absolute Gasteiger partial charge is 0.223 e. The Labute approximate surface area is 148 Å². The summed E-state index contributed by atoms with van der Waals surface area (Å²) in [7, 11) is 0. The second-order valence-electron chi connectivity index (χ2n) is 7.79. The number of aromatic nitrogens is 2. The van der Waals surface area contributed by atoms with Crippen molar-refractivity contribution in [1.29, 1.82) is 0 Å². The average Bonchev–Trinajstić information content (AvgIpc) is 3.08. The molecule has 0 unspecified atom stereocenters. The SMILES string of the molecule is CC(=O)NC[C@H]1[C@H]2C[C@H](CN(Cc3cnc[nH]3)C2)[C@@H]2CCCC(=O)N21. The van der Waals surface area contributed by atoms with Crippen LogP contribution in [0.3, 0.4) is 0 Å². The Balaban J connectivity index is 1.54. The number of nitrogens with zero attached hydrogens (tertiary/aromatic N) is 3. The van der Waals surface area contributed by atoms with E-state index in [0.717, 1.165) is 44.6 Å². The maximum Gasteiger partial charge on any atom is 0.223 e. The quantitative estimate of drug-likeness (QED) is 0.844. The fraction of sp³-hybridized carbons (Fsp3) is 0.722. The molecule has 0 radical (unpaired) electrons. The molecule has 0 spiro atoms. The summed E-state index contributed by atoms with van der Waals surface area (Å²) in [5, 5.41) is 2.96. The number of hydrogen-bond acceptors (Lipinski definition) is 4. The van der Waals surface area contributed by atoms with Crippen molar-refractivity contribution >= 4 is 11.8 Å². The standard InChI is InChI=1S/C18H27N5O2/c1-12(24)20-7-17-14-5-13(16-3-2-4-18(25)23(16)17)8-22(9-14)10-15-6-19-11-21-15/h6,11,13-14,16-17H,2-5,7-10H2,1H3,(H,19,21)(H,20,24)/t13-,14+,16+,17+/m1/s1. The molecule has 136 valence electrons.